The maximum Gasteiger partial charge on any atom is 0.309 e. The Kier molecular flexibility index (Phi) is 5.79. The monoisotopic (exact) mass is 270 g/mol. The lowest BCUT2D eigenvalue weighted by Crippen LogP contribution is -2.35. The van der Waals surface area contributed by atoms with Gasteiger partial charge in [0.2, 0.25) is 5.91 Å². The first kappa shape index (κ1) is 16.0. The summed E-state index contributed by atoms with van der Waals surface area (Å²) in [6.07, 6.45) is 3.41. The minimum atomic E-state index is -0.988. The van der Waals surface area contributed by atoms with Crippen LogP contribution in [0.3, 0.4) is 0 Å². The molecule has 0 radical (unpaired) electrons. The minimum absolute atomic E-state index is 0.0374. The third-order valence-corrected chi connectivity index (χ3v) is 3.89. The molecule has 0 atom stereocenters. The number of amides is 1. The smallest absolute Gasteiger partial charge is 0.309 e. The molecule has 2 N–H and O–H groups in total. The van der Waals surface area contributed by atoms with Crippen molar-refractivity contribution in [1.29, 1.82) is 0 Å². The summed E-state index contributed by atoms with van der Waals surface area (Å²) in [4.78, 5) is 24.9. The molecule has 0 spiro atoms. The summed E-state index contributed by atoms with van der Waals surface area (Å²) in [5, 5.41) is 11.8. The number of nitrogens with one attached hydrogen (secondary N) is 1. The van der Waals surface area contributed by atoms with E-state index < -0.39 is 11.4 Å². The summed E-state index contributed by atoms with van der Waals surface area (Å²) in [7, 11) is 2.13. The molecule has 0 unspecified atom stereocenters. The summed E-state index contributed by atoms with van der Waals surface area (Å²) in [5.74, 6) is -0.415. The summed E-state index contributed by atoms with van der Waals surface area (Å²) < 4.78 is 0. The van der Waals surface area contributed by atoms with E-state index in [0.717, 1.165) is 19.5 Å². The van der Waals surface area contributed by atoms with E-state index in [1.165, 1.54) is 12.8 Å². The molecule has 19 heavy (non-hydrogen) atoms. The fourth-order valence-corrected chi connectivity index (χ4v) is 2.31. The molecule has 5 heteroatoms. The molecule has 0 aromatic heterocycles. The van der Waals surface area contributed by atoms with Gasteiger partial charge in [0.05, 0.1) is 5.41 Å². The number of likely N-dealkylation sites (tertiary alicyclic amines) is 1. The molecule has 1 fully saturated rings. The third-order valence-electron chi connectivity index (χ3n) is 3.89. The number of carboxylic acid groups (broad SMARTS) is 1. The van der Waals surface area contributed by atoms with Crippen LogP contribution in [-0.2, 0) is 9.59 Å². The van der Waals surface area contributed by atoms with Crippen molar-refractivity contribution in [3.8, 4) is 0 Å². The van der Waals surface area contributed by atoms with Crippen molar-refractivity contribution in [3.05, 3.63) is 0 Å². The number of piperidine rings is 1. The van der Waals surface area contributed by atoms with Gasteiger partial charge in [-0.25, -0.2) is 0 Å². The fourth-order valence-electron chi connectivity index (χ4n) is 2.31. The maximum atomic E-state index is 11.7. The Labute approximate surface area is 115 Å². The second-order valence-electron chi connectivity index (χ2n) is 6.25. The number of carboxylic acids is 1. The Bertz CT molecular complexity index is 321. The fraction of sp³-hybridized carbons (Fsp3) is 0.857. The van der Waals surface area contributed by atoms with Gasteiger partial charge in [-0.15, -0.1) is 0 Å². The first-order valence-electron chi connectivity index (χ1n) is 7.00. The number of aliphatic carboxylic acids is 1. The number of hydrogen-bond acceptors (Lipinski definition) is 3. The predicted octanol–water partition coefficient (Wildman–Crippen LogP) is 1.34. The van der Waals surface area contributed by atoms with Crippen molar-refractivity contribution < 1.29 is 14.7 Å². The number of carbonyl (C=O) groups is 2. The summed E-state index contributed by atoms with van der Waals surface area (Å²) in [6, 6.07) is 0. The lowest BCUT2D eigenvalue weighted by molar-refractivity contribution is -0.149. The molecule has 0 saturated carbocycles. The maximum absolute atomic E-state index is 11.7. The van der Waals surface area contributed by atoms with Crippen molar-refractivity contribution in [3.63, 3.8) is 0 Å². The SMILES string of the molecule is CN1CCC(CCNC(=O)CC(C)(C)C(=O)O)CC1. The first-order valence-corrected chi connectivity index (χ1v) is 7.00. The van der Waals surface area contributed by atoms with Gasteiger partial charge in [0.1, 0.15) is 0 Å². The molecule has 0 aliphatic carbocycles. The van der Waals surface area contributed by atoms with E-state index in [-0.39, 0.29) is 12.3 Å². The Morgan fingerprint density at radius 3 is 2.42 bits per heavy atom. The largest absolute Gasteiger partial charge is 0.481 e. The van der Waals surface area contributed by atoms with Gasteiger partial charge in [-0.2, -0.15) is 0 Å². The van der Waals surface area contributed by atoms with E-state index in [4.69, 9.17) is 5.11 Å². The average Bonchev–Trinajstić information content (AvgIpc) is 2.31. The highest BCUT2D eigenvalue weighted by Crippen LogP contribution is 2.21. The normalized spacial score (nSPS) is 18.3. The standard InChI is InChI=1S/C14H26N2O3/c1-14(2,13(18)19)10-12(17)15-7-4-11-5-8-16(3)9-6-11/h11H,4-10H2,1-3H3,(H,15,17)(H,18,19). The van der Waals surface area contributed by atoms with Crippen LogP contribution in [-0.4, -0.2) is 48.6 Å². The van der Waals surface area contributed by atoms with Gasteiger partial charge in [0.15, 0.2) is 0 Å². The number of carbonyl (C=O) groups excluding carboxylic acids is 1. The van der Waals surface area contributed by atoms with E-state index in [9.17, 15) is 9.59 Å². The average molecular weight is 270 g/mol. The molecule has 0 aromatic carbocycles. The van der Waals surface area contributed by atoms with E-state index in [1.54, 1.807) is 13.8 Å². The Morgan fingerprint density at radius 1 is 1.32 bits per heavy atom. The van der Waals surface area contributed by atoms with E-state index in [0.29, 0.717) is 12.5 Å². The zero-order chi connectivity index (χ0) is 14.5. The van der Waals surface area contributed by atoms with Gasteiger partial charge in [0, 0.05) is 13.0 Å². The van der Waals surface area contributed by atoms with Crippen LogP contribution in [0.2, 0.25) is 0 Å². The molecule has 1 rings (SSSR count). The molecule has 1 aliphatic heterocycles. The zero-order valence-electron chi connectivity index (χ0n) is 12.2. The molecule has 110 valence electrons. The first-order chi connectivity index (χ1) is 8.81. The van der Waals surface area contributed by atoms with Gasteiger partial charge in [-0.1, -0.05) is 0 Å². The van der Waals surface area contributed by atoms with Crippen LogP contribution in [0.1, 0.15) is 39.5 Å². The Hall–Kier alpha value is -1.10. The molecular weight excluding hydrogens is 244 g/mol. The highest BCUT2D eigenvalue weighted by Gasteiger charge is 2.30. The van der Waals surface area contributed by atoms with Crippen LogP contribution in [0.25, 0.3) is 0 Å². The lowest BCUT2D eigenvalue weighted by Gasteiger charge is -2.29. The van der Waals surface area contributed by atoms with Crippen LogP contribution >= 0.6 is 0 Å². The Morgan fingerprint density at radius 2 is 1.89 bits per heavy atom. The quantitative estimate of drug-likeness (QED) is 0.764. The predicted molar refractivity (Wildman–Crippen MR) is 73.9 cm³/mol. The van der Waals surface area contributed by atoms with E-state index in [1.807, 2.05) is 0 Å². The van der Waals surface area contributed by atoms with Gasteiger partial charge in [-0.3, -0.25) is 9.59 Å². The van der Waals surface area contributed by atoms with Crippen molar-refractivity contribution >= 4 is 11.9 Å². The highest BCUT2D eigenvalue weighted by atomic mass is 16.4. The zero-order valence-corrected chi connectivity index (χ0v) is 12.2. The number of nitrogens with zero attached hydrogens (tertiary/aromatic N) is 1. The van der Waals surface area contributed by atoms with Gasteiger partial charge < -0.3 is 15.3 Å². The topological polar surface area (TPSA) is 69.6 Å². The lowest BCUT2D eigenvalue weighted by atomic mass is 9.89. The molecule has 1 amide bonds. The Balaban J connectivity index is 2.19. The number of rotatable bonds is 6. The summed E-state index contributed by atoms with van der Waals surface area (Å²) in [6.45, 7) is 6.07. The molecule has 5 nitrogen and oxygen atoms in total. The van der Waals surface area contributed by atoms with Crippen LogP contribution in [0.15, 0.2) is 0 Å². The van der Waals surface area contributed by atoms with E-state index >= 15 is 0 Å². The molecule has 1 heterocycles. The second-order valence-corrected chi connectivity index (χ2v) is 6.25. The third kappa shape index (κ3) is 5.59. The molecule has 1 aliphatic rings. The van der Waals surface area contributed by atoms with Crippen LogP contribution in [0.5, 0.6) is 0 Å². The van der Waals surface area contributed by atoms with Crippen LogP contribution in [0, 0.1) is 11.3 Å². The highest BCUT2D eigenvalue weighted by molar-refractivity contribution is 5.84. The van der Waals surface area contributed by atoms with Gasteiger partial charge in [0.25, 0.3) is 0 Å². The van der Waals surface area contributed by atoms with Gasteiger partial charge in [-0.05, 0) is 59.2 Å². The molecule has 0 bridgehead atoms. The summed E-state index contributed by atoms with van der Waals surface area (Å²) >= 11 is 0. The van der Waals surface area contributed by atoms with Crippen molar-refractivity contribution in [2.45, 2.75) is 39.5 Å². The van der Waals surface area contributed by atoms with Crippen molar-refractivity contribution in [2.75, 3.05) is 26.7 Å². The molecule has 1 saturated heterocycles. The van der Waals surface area contributed by atoms with Crippen molar-refractivity contribution in [1.82, 2.24) is 10.2 Å². The van der Waals surface area contributed by atoms with Crippen molar-refractivity contribution in [2.24, 2.45) is 11.3 Å². The minimum Gasteiger partial charge on any atom is -0.481 e. The van der Waals surface area contributed by atoms with Gasteiger partial charge >= 0.3 is 5.97 Å². The number of hydrogen-bond donors (Lipinski definition) is 2. The molecule has 0 aromatic rings. The summed E-state index contributed by atoms with van der Waals surface area (Å²) in [5.41, 5.74) is -0.988. The molecular formula is C14H26N2O3. The second kappa shape index (κ2) is 6.89. The van der Waals surface area contributed by atoms with Crippen LogP contribution in [0.4, 0.5) is 0 Å². The van der Waals surface area contributed by atoms with E-state index in [2.05, 4.69) is 17.3 Å². The van der Waals surface area contributed by atoms with Crippen LogP contribution < -0.4 is 5.32 Å².